The first-order chi connectivity index (χ1) is 10.4. The lowest BCUT2D eigenvalue weighted by Crippen LogP contribution is -2.40. The van der Waals surface area contributed by atoms with Gasteiger partial charge in [0.15, 0.2) is 5.69 Å². The molecule has 2 amide bonds. The van der Waals surface area contributed by atoms with E-state index in [-0.39, 0.29) is 29.7 Å². The Labute approximate surface area is 127 Å². The number of aryl methyl sites for hydroxylation is 1. The molecule has 1 aromatic carbocycles. The van der Waals surface area contributed by atoms with Crippen molar-refractivity contribution in [3.63, 3.8) is 0 Å². The van der Waals surface area contributed by atoms with E-state index in [0.717, 1.165) is 4.68 Å². The number of hydrogen-bond donors (Lipinski definition) is 2. The molecule has 0 unspecified atom stereocenters. The standard InChI is InChI=1S/C15H18N4O3/c1-9(2)17-12(20)8-16-14(21)13-10-6-4-5-7-11(10)15(22)19(3)18-13/h4-7,9H,8H2,1-3H3,(H,16,21)(H,17,20). The van der Waals surface area contributed by atoms with Gasteiger partial charge in [-0.15, -0.1) is 0 Å². The van der Waals surface area contributed by atoms with Crippen LogP contribution in [0, 0.1) is 0 Å². The maximum Gasteiger partial charge on any atom is 0.274 e. The summed E-state index contributed by atoms with van der Waals surface area (Å²) in [6.45, 7) is 3.53. The van der Waals surface area contributed by atoms with Crippen LogP contribution >= 0.6 is 0 Å². The van der Waals surface area contributed by atoms with Crippen LogP contribution in [0.3, 0.4) is 0 Å². The van der Waals surface area contributed by atoms with Crippen LogP contribution in [0.2, 0.25) is 0 Å². The Morgan fingerprint density at radius 2 is 1.86 bits per heavy atom. The van der Waals surface area contributed by atoms with Gasteiger partial charge in [0.25, 0.3) is 11.5 Å². The average Bonchev–Trinajstić information content (AvgIpc) is 2.48. The van der Waals surface area contributed by atoms with Gasteiger partial charge in [-0.05, 0) is 19.9 Å². The molecule has 0 fully saturated rings. The van der Waals surface area contributed by atoms with Gasteiger partial charge in [-0.1, -0.05) is 18.2 Å². The van der Waals surface area contributed by atoms with Gasteiger partial charge in [-0.3, -0.25) is 14.4 Å². The zero-order valence-electron chi connectivity index (χ0n) is 12.7. The SMILES string of the molecule is CC(C)NC(=O)CNC(=O)c1nn(C)c(=O)c2ccccc12. The third-order valence-electron chi connectivity index (χ3n) is 3.03. The molecular weight excluding hydrogens is 284 g/mol. The van der Waals surface area contributed by atoms with E-state index in [1.165, 1.54) is 7.05 Å². The molecule has 0 spiro atoms. The quantitative estimate of drug-likeness (QED) is 0.843. The Morgan fingerprint density at radius 1 is 1.23 bits per heavy atom. The molecule has 0 aliphatic heterocycles. The highest BCUT2D eigenvalue weighted by molar-refractivity contribution is 6.05. The minimum atomic E-state index is -0.495. The molecule has 7 heteroatoms. The summed E-state index contributed by atoms with van der Waals surface area (Å²) in [5, 5.41) is 10.1. The Kier molecular flexibility index (Phi) is 4.55. The fraction of sp³-hybridized carbons (Fsp3) is 0.333. The Bertz CT molecular complexity index is 780. The third-order valence-corrected chi connectivity index (χ3v) is 3.03. The minimum absolute atomic E-state index is 0.000837. The smallest absolute Gasteiger partial charge is 0.274 e. The van der Waals surface area contributed by atoms with Crippen LogP contribution in [0.4, 0.5) is 0 Å². The second kappa shape index (κ2) is 6.38. The number of nitrogens with one attached hydrogen (secondary N) is 2. The fourth-order valence-electron chi connectivity index (χ4n) is 2.08. The second-order valence-corrected chi connectivity index (χ2v) is 5.23. The number of carbonyl (C=O) groups excluding carboxylic acids is 2. The molecule has 0 aliphatic carbocycles. The van der Waals surface area contributed by atoms with Gasteiger partial charge in [0, 0.05) is 18.5 Å². The molecule has 1 aromatic heterocycles. The summed E-state index contributed by atoms with van der Waals surface area (Å²) in [7, 11) is 1.48. The number of nitrogens with zero attached hydrogens (tertiary/aromatic N) is 2. The highest BCUT2D eigenvalue weighted by atomic mass is 16.2. The topological polar surface area (TPSA) is 93.1 Å². The second-order valence-electron chi connectivity index (χ2n) is 5.23. The lowest BCUT2D eigenvalue weighted by Gasteiger charge is -2.10. The van der Waals surface area contributed by atoms with Crippen LogP contribution in [0.1, 0.15) is 24.3 Å². The third kappa shape index (κ3) is 3.30. The highest BCUT2D eigenvalue weighted by Crippen LogP contribution is 2.12. The Balaban J connectivity index is 2.27. The molecule has 22 heavy (non-hydrogen) atoms. The van der Waals surface area contributed by atoms with E-state index in [0.29, 0.717) is 10.8 Å². The minimum Gasteiger partial charge on any atom is -0.352 e. The van der Waals surface area contributed by atoms with Crippen LogP contribution in [0.15, 0.2) is 29.1 Å². The van der Waals surface area contributed by atoms with E-state index in [1.807, 2.05) is 13.8 Å². The molecule has 116 valence electrons. The number of carbonyl (C=O) groups is 2. The predicted octanol–water partition coefficient (Wildman–Crippen LogP) is 0.188. The van der Waals surface area contributed by atoms with E-state index in [1.54, 1.807) is 24.3 Å². The molecule has 2 rings (SSSR count). The molecule has 2 N–H and O–H groups in total. The number of fused-ring (bicyclic) bond motifs is 1. The van der Waals surface area contributed by atoms with E-state index in [4.69, 9.17) is 0 Å². The monoisotopic (exact) mass is 302 g/mol. The number of amides is 2. The van der Waals surface area contributed by atoms with Gasteiger partial charge < -0.3 is 10.6 Å². The number of benzene rings is 1. The lowest BCUT2D eigenvalue weighted by molar-refractivity contribution is -0.120. The molecule has 0 aliphatic rings. The summed E-state index contributed by atoms with van der Waals surface area (Å²) < 4.78 is 1.12. The van der Waals surface area contributed by atoms with Crippen LogP contribution < -0.4 is 16.2 Å². The summed E-state index contributed by atoms with van der Waals surface area (Å²) in [6, 6.07) is 6.75. The number of aromatic nitrogens is 2. The van der Waals surface area contributed by atoms with E-state index in [2.05, 4.69) is 15.7 Å². The molecule has 1 heterocycles. The van der Waals surface area contributed by atoms with Crippen molar-refractivity contribution in [2.45, 2.75) is 19.9 Å². The fourth-order valence-corrected chi connectivity index (χ4v) is 2.08. The van der Waals surface area contributed by atoms with Crippen molar-refractivity contribution in [2.75, 3.05) is 6.54 Å². The zero-order valence-corrected chi connectivity index (χ0v) is 12.7. The van der Waals surface area contributed by atoms with Crippen LogP contribution in [0.5, 0.6) is 0 Å². The van der Waals surface area contributed by atoms with Gasteiger partial charge in [0.1, 0.15) is 0 Å². The van der Waals surface area contributed by atoms with Crippen LogP contribution in [-0.4, -0.2) is 34.2 Å². The summed E-state index contributed by atoms with van der Waals surface area (Å²) in [4.78, 5) is 35.8. The summed E-state index contributed by atoms with van der Waals surface area (Å²) in [5.41, 5.74) is -0.153. The summed E-state index contributed by atoms with van der Waals surface area (Å²) >= 11 is 0. The van der Waals surface area contributed by atoms with E-state index >= 15 is 0 Å². The maximum absolute atomic E-state index is 12.2. The first-order valence-corrected chi connectivity index (χ1v) is 6.93. The molecule has 0 radical (unpaired) electrons. The molecule has 0 atom stereocenters. The maximum atomic E-state index is 12.2. The normalized spacial score (nSPS) is 10.7. The molecule has 0 saturated carbocycles. The highest BCUT2D eigenvalue weighted by Gasteiger charge is 2.16. The summed E-state index contributed by atoms with van der Waals surface area (Å²) in [5.74, 6) is -0.775. The van der Waals surface area contributed by atoms with Gasteiger partial charge in [0.05, 0.1) is 11.9 Å². The molecule has 0 saturated heterocycles. The van der Waals surface area contributed by atoms with Crippen molar-refractivity contribution in [1.29, 1.82) is 0 Å². The van der Waals surface area contributed by atoms with Crippen molar-refractivity contribution in [2.24, 2.45) is 7.05 Å². The van der Waals surface area contributed by atoms with Crippen molar-refractivity contribution >= 4 is 22.6 Å². The van der Waals surface area contributed by atoms with Crippen molar-refractivity contribution in [3.8, 4) is 0 Å². The van der Waals surface area contributed by atoms with Gasteiger partial charge in [-0.2, -0.15) is 5.10 Å². The van der Waals surface area contributed by atoms with Gasteiger partial charge in [0.2, 0.25) is 5.91 Å². The van der Waals surface area contributed by atoms with Crippen molar-refractivity contribution in [1.82, 2.24) is 20.4 Å². The molecule has 0 bridgehead atoms. The number of rotatable bonds is 4. The van der Waals surface area contributed by atoms with E-state index in [9.17, 15) is 14.4 Å². The predicted molar refractivity (Wildman–Crippen MR) is 82.6 cm³/mol. The molecule has 2 aromatic rings. The molecule has 7 nitrogen and oxygen atoms in total. The first kappa shape index (κ1) is 15.7. The van der Waals surface area contributed by atoms with Gasteiger partial charge >= 0.3 is 0 Å². The first-order valence-electron chi connectivity index (χ1n) is 6.93. The van der Waals surface area contributed by atoms with E-state index < -0.39 is 5.91 Å². The average molecular weight is 302 g/mol. The van der Waals surface area contributed by atoms with Gasteiger partial charge in [-0.25, -0.2) is 4.68 Å². The van der Waals surface area contributed by atoms with Crippen molar-refractivity contribution < 1.29 is 9.59 Å². The number of hydrogen-bond acceptors (Lipinski definition) is 4. The summed E-state index contributed by atoms with van der Waals surface area (Å²) in [6.07, 6.45) is 0. The van der Waals surface area contributed by atoms with Crippen molar-refractivity contribution in [3.05, 3.63) is 40.3 Å². The largest absolute Gasteiger partial charge is 0.352 e. The Hall–Kier alpha value is -2.70. The van der Waals surface area contributed by atoms with Crippen LogP contribution in [0.25, 0.3) is 10.8 Å². The Morgan fingerprint density at radius 3 is 2.50 bits per heavy atom. The lowest BCUT2D eigenvalue weighted by atomic mass is 10.1. The van der Waals surface area contributed by atoms with Crippen LogP contribution in [-0.2, 0) is 11.8 Å². The molecular formula is C15H18N4O3. The zero-order chi connectivity index (χ0) is 16.3.